The lowest BCUT2D eigenvalue weighted by Gasteiger charge is -2.34. The number of piperidine rings is 2. The van der Waals surface area contributed by atoms with Gasteiger partial charge >= 0.3 is 0 Å². The van der Waals surface area contributed by atoms with E-state index in [9.17, 15) is 13.2 Å². The first-order valence-corrected chi connectivity index (χ1v) is 10.5. The standard InChI is InChI=1S/C16H31N3O3S/c1-3-4-11-23(21,22)19-9-6-14(7-10-19)16(20)18-15-5-8-17-12-13(15)2/h13-15,17H,3-12H2,1-2H3,(H,18,20). The number of amides is 1. The van der Waals surface area contributed by atoms with Crippen LogP contribution in [0, 0.1) is 11.8 Å². The Balaban J connectivity index is 1.80. The van der Waals surface area contributed by atoms with E-state index in [4.69, 9.17) is 0 Å². The van der Waals surface area contributed by atoms with E-state index in [0.717, 1.165) is 25.9 Å². The van der Waals surface area contributed by atoms with Crippen LogP contribution in [0.5, 0.6) is 0 Å². The van der Waals surface area contributed by atoms with Crippen LogP contribution in [0.4, 0.5) is 0 Å². The van der Waals surface area contributed by atoms with E-state index in [1.807, 2.05) is 6.92 Å². The van der Waals surface area contributed by atoms with E-state index in [1.165, 1.54) is 0 Å². The summed E-state index contributed by atoms with van der Waals surface area (Å²) in [6.07, 6.45) is 3.83. The fourth-order valence-corrected chi connectivity index (χ4v) is 5.06. The van der Waals surface area contributed by atoms with Crippen molar-refractivity contribution in [3.63, 3.8) is 0 Å². The van der Waals surface area contributed by atoms with Gasteiger partial charge in [0.25, 0.3) is 0 Å². The van der Waals surface area contributed by atoms with Gasteiger partial charge in [0.1, 0.15) is 0 Å². The quantitative estimate of drug-likeness (QED) is 0.751. The van der Waals surface area contributed by atoms with Gasteiger partial charge in [0.15, 0.2) is 0 Å². The summed E-state index contributed by atoms with van der Waals surface area (Å²) in [7, 11) is -3.14. The van der Waals surface area contributed by atoms with Crippen molar-refractivity contribution in [2.24, 2.45) is 11.8 Å². The predicted octanol–water partition coefficient (Wildman–Crippen LogP) is 0.943. The van der Waals surface area contributed by atoms with Crippen LogP contribution in [-0.4, -0.2) is 56.6 Å². The summed E-state index contributed by atoms with van der Waals surface area (Å²) >= 11 is 0. The second kappa shape index (κ2) is 8.44. The Morgan fingerprint density at radius 3 is 2.57 bits per heavy atom. The fourth-order valence-electron chi connectivity index (χ4n) is 3.38. The molecule has 0 radical (unpaired) electrons. The topological polar surface area (TPSA) is 78.5 Å². The Morgan fingerprint density at radius 2 is 1.96 bits per heavy atom. The average Bonchev–Trinajstić information content (AvgIpc) is 2.55. The molecule has 23 heavy (non-hydrogen) atoms. The first kappa shape index (κ1) is 18.7. The van der Waals surface area contributed by atoms with Crippen molar-refractivity contribution in [2.75, 3.05) is 31.9 Å². The largest absolute Gasteiger partial charge is 0.353 e. The van der Waals surface area contributed by atoms with Crippen molar-refractivity contribution in [1.82, 2.24) is 14.9 Å². The molecule has 0 aromatic heterocycles. The highest BCUT2D eigenvalue weighted by atomic mass is 32.2. The van der Waals surface area contributed by atoms with Gasteiger partial charge in [-0.1, -0.05) is 20.3 Å². The third-order valence-corrected chi connectivity index (χ3v) is 7.04. The number of sulfonamides is 1. The van der Waals surface area contributed by atoms with E-state index in [1.54, 1.807) is 4.31 Å². The molecule has 2 saturated heterocycles. The molecular weight excluding hydrogens is 314 g/mol. The van der Waals surface area contributed by atoms with Gasteiger partial charge in [0.05, 0.1) is 5.75 Å². The van der Waals surface area contributed by atoms with Gasteiger partial charge in [-0.3, -0.25) is 4.79 Å². The highest BCUT2D eigenvalue weighted by Gasteiger charge is 2.32. The number of carbonyl (C=O) groups is 1. The molecule has 0 bridgehead atoms. The number of nitrogens with zero attached hydrogens (tertiary/aromatic N) is 1. The van der Waals surface area contributed by atoms with Crippen LogP contribution in [0.25, 0.3) is 0 Å². The van der Waals surface area contributed by atoms with Gasteiger partial charge in [-0.2, -0.15) is 0 Å². The molecule has 7 heteroatoms. The van der Waals surface area contributed by atoms with Crippen molar-refractivity contribution in [1.29, 1.82) is 0 Å². The Bertz CT molecular complexity index is 487. The Hall–Kier alpha value is -0.660. The lowest BCUT2D eigenvalue weighted by Crippen LogP contribution is -2.51. The van der Waals surface area contributed by atoms with Crippen molar-refractivity contribution in [2.45, 2.75) is 52.0 Å². The number of nitrogens with one attached hydrogen (secondary N) is 2. The van der Waals surface area contributed by atoms with E-state index in [0.29, 0.717) is 38.3 Å². The van der Waals surface area contributed by atoms with E-state index in [-0.39, 0.29) is 23.6 Å². The van der Waals surface area contributed by atoms with Crippen LogP contribution in [-0.2, 0) is 14.8 Å². The molecular formula is C16H31N3O3S. The first-order valence-electron chi connectivity index (χ1n) is 8.93. The van der Waals surface area contributed by atoms with E-state index >= 15 is 0 Å². The SMILES string of the molecule is CCCCS(=O)(=O)N1CCC(C(=O)NC2CCNCC2C)CC1. The summed E-state index contributed by atoms with van der Waals surface area (Å²) in [5.74, 6) is 0.735. The van der Waals surface area contributed by atoms with Crippen LogP contribution in [0.1, 0.15) is 46.0 Å². The molecule has 2 unspecified atom stereocenters. The van der Waals surface area contributed by atoms with Crippen LogP contribution in [0.15, 0.2) is 0 Å². The summed E-state index contributed by atoms with van der Waals surface area (Å²) in [6, 6.07) is 0.245. The third kappa shape index (κ3) is 5.16. The highest BCUT2D eigenvalue weighted by molar-refractivity contribution is 7.89. The summed E-state index contributed by atoms with van der Waals surface area (Å²) in [4.78, 5) is 12.4. The van der Waals surface area contributed by atoms with Crippen LogP contribution in [0.3, 0.4) is 0 Å². The van der Waals surface area contributed by atoms with Gasteiger partial charge < -0.3 is 10.6 Å². The normalized spacial score (nSPS) is 27.7. The maximum atomic E-state index is 12.4. The number of rotatable bonds is 6. The molecule has 2 rings (SSSR count). The minimum Gasteiger partial charge on any atom is -0.353 e. The minimum absolute atomic E-state index is 0.0466. The zero-order valence-electron chi connectivity index (χ0n) is 14.4. The second-order valence-corrected chi connectivity index (χ2v) is 9.02. The number of unbranched alkanes of at least 4 members (excludes halogenated alkanes) is 1. The highest BCUT2D eigenvalue weighted by Crippen LogP contribution is 2.21. The molecule has 1 amide bonds. The maximum Gasteiger partial charge on any atom is 0.223 e. The molecule has 2 aliphatic heterocycles. The first-order chi connectivity index (χ1) is 10.9. The molecule has 6 nitrogen and oxygen atoms in total. The molecule has 134 valence electrons. The zero-order valence-corrected chi connectivity index (χ0v) is 15.2. The van der Waals surface area contributed by atoms with Crippen LogP contribution < -0.4 is 10.6 Å². The third-order valence-electron chi connectivity index (χ3n) is 5.09. The number of hydrogen-bond acceptors (Lipinski definition) is 4. The van der Waals surface area contributed by atoms with Gasteiger partial charge in [0.2, 0.25) is 15.9 Å². The number of carbonyl (C=O) groups excluding carboxylic acids is 1. The maximum absolute atomic E-state index is 12.4. The molecule has 2 N–H and O–H groups in total. The van der Waals surface area contributed by atoms with Gasteiger partial charge in [-0.15, -0.1) is 0 Å². The van der Waals surface area contributed by atoms with Crippen LogP contribution in [0.2, 0.25) is 0 Å². The molecule has 0 aliphatic carbocycles. The van der Waals surface area contributed by atoms with E-state index < -0.39 is 10.0 Å². The smallest absolute Gasteiger partial charge is 0.223 e. The molecule has 2 atom stereocenters. The predicted molar refractivity (Wildman–Crippen MR) is 91.6 cm³/mol. The van der Waals surface area contributed by atoms with Crippen LogP contribution >= 0.6 is 0 Å². The molecule has 0 spiro atoms. The molecule has 0 saturated carbocycles. The molecule has 0 aromatic carbocycles. The number of hydrogen-bond donors (Lipinski definition) is 2. The Morgan fingerprint density at radius 1 is 1.26 bits per heavy atom. The minimum atomic E-state index is -3.14. The van der Waals surface area contributed by atoms with E-state index in [2.05, 4.69) is 17.6 Å². The van der Waals surface area contributed by atoms with Crippen molar-refractivity contribution < 1.29 is 13.2 Å². The van der Waals surface area contributed by atoms with Gasteiger partial charge in [-0.05, 0) is 44.7 Å². The van der Waals surface area contributed by atoms with Crippen molar-refractivity contribution in [3.8, 4) is 0 Å². The molecule has 2 fully saturated rings. The average molecular weight is 346 g/mol. The molecule has 2 heterocycles. The van der Waals surface area contributed by atoms with Gasteiger partial charge in [0, 0.05) is 25.0 Å². The summed E-state index contributed by atoms with van der Waals surface area (Å²) in [5.41, 5.74) is 0. The van der Waals surface area contributed by atoms with Gasteiger partial charge in [-0.25, -0.2) is 12.7 Å². The summed E-state index contributed by atoms with van der Waals surface area (Å²) in [6.45, 7) is 6.99. The van der Waals surface area contributed by atoms with Crippen molar-refractivity contribution in [3.05, 3.63) is 0 Å². The Labute approximate surface area is 140 Å². The molecule has 2 aliphatic rings. The Kier molecular flexibility index (Phi) is 6.85. The lowest BCUT2D eigenvalue weighted by molar-refractivity contribution is -0.127. The fraction of sp³-hybridized carbons (Fsp3) is 0.938. The van der Waals surface area contributed by atoms with Crippen molar-refractivity contribution >= 4 is 15.9 Å². The lowest BCUT2D eigenvalue weighted by atomic mass is 9.92. The molecule has 0 aromatic rings. The second-order valence-electron chi connectivity index (χ2n) is 6.93. The monoisotopic (exact) mass is 345 g/mol. The zero-order chi connectivity index (χ0) is 16.9. The summed E-state index contributed by atoms with van der Waals surface area (Å²) in [5, 5.41) is 6.51. The summed E-state index contributed by atoms with van der Waals surface area (Å²) < 4.78 is 26.0.